The number of rotatable bonds is 12. The molecule has 7 nitrogen and oxygen atoms in total. The molecule has 226 valence electrons. The molecule has 0 aliphatic heterocycles. The molecule has 0 bridgehead atoms. The van der Waals surface area contributed by atoms with E-state index < -0.39 is 46.2 Å². The molecule has 0 saturated carbocycles. The van der Waals surface area contributed by atoms with Gasteiger partial charge in [0.25, 0.3) is 10.0 Å². The molecule has 0 spiro atoms. The molecule has 0 aliphatic rings. The largest absolute Gasteiger partial charge is 0.416 e. The monoisotopic (exact) mass is 603 g/mol. The van der Waals surface area contributed by atoms with Crippen LogP contribution < -0.4 is 9.62 Å². The highest BCUT2D eigenvalue weighted by atomic mass is 32.2. The lowest BCUT2D eigenvalue weighted by molar-refractivity contribution is -0.140. The van der Waals surface area contributed by atoms with Gasteiger partial charge in [-0.05, 0) is 62.6 Å². The number of benzene rings is 3. The number of alkyl halides is 3. The van der Waals surface area contributed by atoms with Crippen molar-refractivity contribution >= 4 is 27.5 Å². The average Bonchev–Trinajstić information content (AvgIpc) is 2.95. The first kappa shape index (κ1) is 32.7. The van der Waals surface area contributed by atoms with Crippen LogP contribution in [0.2, 0.25) is 0 Å². The molecule has 2 amide bonds. The lowest BCUT2D eigenvalue weighted by Crippen LogP contribution is -2.52. The van der Waals surface area contributed by atoms with Crippen molar-refractivity contribution in [2.75, 3.05) is 17.4 Å². The molecule has 0 saturated heterocycles. The first-order valence-electron chi connectivity index (χ1n) is 13.7. The van der Waals surface area contributed by atoms with E-state index in [1.165, 1.54) is 23.1 Å². The van der Waals surface area contributed by atoms with Crippen LogP contribution in [0.3, 0.4) is 0 Å². The van der Waals surface area contributed by atoms with Crippen molar-refractivity contribution in [3.63, 3.8) is 0 Å². The highest BCUT2D eigenvalue weighted by Crippen LogP contribution is 2.33. The van der Waals surface area contributed by atoms with Crippen molar-refractivity contribution in [1.29, 1.82) is 0 Å². The maximum Gasteiger partial charge on any atom is 0.416 e. The van der Waals surface area contributed by atoms with Gasteiger partial charge in [0.1, 0.15) is 12.6 Å². The second-order valence-electron chi connectivity index (χ2n) is 10.1. The molecule has 3 aromatic rings. The van der Waals surface area contributed by atoms with Crippen molar-refractivity contribution in [1.82, 2.24) is 10.2 Å². The van der Waals surface area contributed by atoms with Crippen LogP contribution in [-0.4, -0.2) is 44.3 Å². The summed E-state index contributed by atoms with van der Waals surface area (Å²) >= 11 is 0. The number of halogens is 3. The van der Waals surface area contributed by atoms with Crippen molar-refractivity contribution in [3.8, 4) is 0 Å². The minimum atomic E-state index is -4.73. The maximum absolute atomic E-state index is 14.0. The van der Waals surface area contributed by atoms with E-state index >= 15 is 0 Å². The summed E-state index contributed by atoms with van der Waals surface area (Å²) in [6.07, 6.45) is -3.82. The number of nitrogens with zero attached hydrogens (tertiary/aromatic N) is 2. The highest BCUT2D eigenvalue weighted by molar-refractivity contribution is 7.92. The van der Waals surface area contributed by atoms with E-state index in [1.807, 2.05) is 26.0 Å². The molecular weight excluding hydrogens is 567 g/mol. The topological polar surface area (TPSA) is 86.8 Å². The van der Waals surface area contributed by atoms with E-state index in [1.54, 1.807) is 38.1 Å². The third-order valence-electron chi connectivity index (χ3n) is 6.76. The number of carbonyl (C=O) groups is 2. The Morgan fingerprint density at radius 3 is 2.05 bits per heavy atom. The molecule has 3 aromatic carbocycles. The minimum Gasteiger partial charge on any atom is -0.354 e. The molecule has 0 radical (unpaired) electrons. The van der Waals surface area contributed by atoms with E-state index in [0.717, 1.165) is 23.3 Å². The molecule has 3 rings (SSSR count). The van der Waals surface area contributed by atoms with Gasteiger partial charge in [0.05, 0.1) is 16.1 Å². The third kappa shape index (κ3) is 8.12. The Labute approximate surface area is 245 Å². The lowest BCUT2D eigenvalue weighted by atomic mass is 10.1. The number of sulfonamides is 1. The normalized spacial score (nSPS) is 12.5. The quantitative estimate of drug-likeness (QED) is 0.281. The summed E-state index contributed by atoms with van der Waals surface area (Å²) in [6, 6.07) is 16.0. The zero-order valence-corrected chi connectivity index (χ0v) is 24.9. The van der Waals surface area contributed by atoms with E-state index in [9.17, 15) is 31.2 Å². The Balaban J connectivity index is 2.11. The summed E-state index contributed by atoms with van der Waals surface area (Å²) in [5, 5.41) is 2.79. The summed E-state index contributed by atoms with van der Waals surface area (Å²) in [6.45, 7) is 6.86. The third-order valence-corrected chi connectivity index (χ3v) is 8.55. The number of carbonyl (C=O) groups excluding carboxylic acids is 2. The molecule has 0 aliphatic carbocycles. The number of hydrogen-bond donors (Lipinski definition) is 1. The second-order valence-corrected chi connectivity index (χ2v) is 12.0. The Morgan fingerprint density at radius 2 is 1.50 bits per heavy atom. The molecular formula is C31H36F3N3O4S. The van der Waals surface area contributed by atoms with Crippen LogP contribution in [0.15, 0.2) is 77.7 Å². The van der Waals surface area contributed by atoms with Crippen LogP contribution in [0.25, 0.3) is 0 Å². The Bertz CT molecular complexity index is 1470. The number of anilines is 1. The first-order chi connectivity index (χ1) is 19.8. The summed E-state index contributed by atoms with van der Waals surface area (Å²) in [4.78, 5) is 28.2. The van der Waals surface area contributed by atoms with Gasteiger partial charge in [0, 0.05) is 13.1 Å². The second kappa shape index (κ2) is 13.9. The van der Waals surface area contributed by atoms with Crippen molar-refractivity contribution in [2.24, 2.45) is 0 Å². The van der Waals surface area contributed by atoms with E-state index in [4.69, 9.17) is 0 Å². The predicted molar refractivity (Wildman–Crippen MR) is 156 cm³/mol. The van der Waals surface area contributed by atoms with Crippen LogP contribution in [0, 0.1) is 13.8 Å². The predicted octanol–water partition coefficient (Wildman–Crippen LogP) is 5.85. The minimum absolute atomic E-state index is 0.00181. The van der Waals surface area contributed by atoms with E-state index in [2.05, 4.69) is 5.32 Å². The van der Waals surface area contributed by atoms with Gasteiger partial charge in [-0.1, -0.05) is 67.4 Å². The smallest absolute Gasteiger partial charge is 0.354 e. The number of nitrogens with one attached hydrogen (secondary N) is 1. The Hall–Kier alpha value is -3.86. The molecule has 42 heavy (non-hydrogen) atoms. The van der Waals surface area contributed by atoms with Crippen molar-refractivity contribution in [2.45, 2.75) is 64.2 Å². The molecule has 0 heterocycles. The fraction of sp³-hybridized carbons (Fsp3) is 0.355. The summed E-state index contributed by atoms with van der Waals surface area (Å²) < 4.78 is 69.2. The zero-order valence-electron chi connectivity index (χ0n) is 24.1. The zero-order chi connectivity index (χ0) is 31.1. The van der Waals surface area contributed by atoms with Crippen LogP contribution in [0.4, 0.5) is 18.9 Å². The molecule has 11 heteroatoms. The Kier molecular flexibility index (Phi) is 10.8. The highest BCUT2D eigenvalue weighted by Gasteiger charge is 2.35. The van der Waals surface area contributed by atoms with Crippen molar-refractivity contribution < 1.29 is 31.2 Å². The molecule has 1 atom stereocenters. The SMILES string of the molecule is CCCNC(=O)C(CC)N(Cc1ccc(C)cc1)C(=O)CN(c1cccc(C(F)(F)F)c1)S(=O)(=O)c1ccc(C)cc1. The van der Waals surface area contributed by atoms with Gasteiger partial charge < -0.3 is 10.2 Å². The van der Waals surface area contributed by atoms with Gasteiger partial charge in [-0.3, -0.25) is 13.9 Å². The van der Waals surface area contributed by atoms with Crippen molar-refractivity contribution in [3.05, 3.63) is 95.1 Å². The molecule has 1 unspecified atom stereocenters. The average molecular weight is 604 g/mol. The molecule has 0 fully saturated rings. The fourth-order valence-corrected chi connectivity index (χ4v) is 5.79. The maximum atomic E-state index is 14.0. The number of amides is 2. The summed E-state index contributed by atoms with van der Waals surface area (Å²) in [5.74, 6) is -1.13. The molecule has 1 N–H and O–H groups in total. The van der Waals surface area contributed by atoms with E-state index in [-0.39, 0.29) is 23.5 Å². The van der Waals surface area contributed by atoms with Crippen LogP contribution >= 0.6 is 0 Å². The summed E-state index contributed by atoms with van der Waals surface area (Å²) in [7, 11) is -4.49. The number of aryl methyl sites for hydroxylation is 2. The first-order valence-corrected chi connectivity index (χ1v) is 15.1. The lowest BCUT2D eigenvalue weighted by Gasteiger charge is -2.33. The Morgan fingerprint density at radius 1 is 0.905 bits per heavy atom. The van der Waals surface area contributed by atoms with Crippen LogP contribution in [0.5, 0.6) is 0 Å². The van der Waals surface area contributed by atoms with Gasteiger partial charge in [-0.15, -0.1) is 0 Å². The fourth-order valence-electron chi connectivity index (χ4n) is 4.38. The van der Waals surface area contributed by atoms with Gasteiger partial charge in [-0.25, -0.2) is 8.42 Å². The van der Waals surface area contributed by atoms with Crippen LogP contribution in [0.1, 0.15) is 48.9 Å². The van der Waals surface area contributed by atoms with Gasteiger partial charge >= 0.3 is 6.18 Å². The standard InChI is InChI=1S/C31H36F3N3O4S/c1-5-18-35-30(39)28(6-2)36(20-24-14-10-22(3)11-15-24)29(38)21-37(26-9-7-8-25(19-26)31(32,33)34)42(40,41)27-16-12-23(4)13-17-27/h7-17,19,28H,5-6,18,20-21H2,1-4H3,(H,35,39). The van der Waals surface area contributed by atoms with Crippen LogP contribution in [-0.2, 0) is 32.3 Å². The van der Waals surface area contributed by atoms with Gasteiger partial charge in [0.15, 0.2) is 0 Å². The summed E-state index contributed by atoms with van der Waals surface area (Å²) in [5.41, 5.74) is 1.10. The van der Waals surface area contributed by atoms with Gasteiger partial charge in [0.2, 0.25) is 11.8 Å². The van der Waals surface area contributed by atoms with Gasteiger partial charge in [-0.2, -0.15) is 13.2 Å². The number of hydrogen-bond acceptors (Lipinski definition) is 4. The molecule has 0 aromatic heterocycles. The van der Waals surface area contributed by atoms with E-state index in [0.29, 0.717) is 28.9 Å².